The number of benzene rings is 1. The van der Waals surface area contributed by atoms with Gasteiger partial charge < -0.3 is 15.6 Å². The maximum Gasteiger partial charge on any atom is 0.240 e. The molecule has 0 amide bonds. The molecule has 3 N–H and O–H groups in total. The summed E-state index contributed by atoms with van der Waals surface area (Å²) in [6.45, 7) is 0.860. The van der Waals surface area contributed by atoms with Gasteiger partial charge in [0.15, 0.2) is 0 Å². The van der Waals surface area contributed by atoms with Crippen LogP contribution in [0, 0.1) is 0 Å². The fraction of sp³-hybridized carbons (Fsp3) is 0.300. The number of aryl methyl sites for hydroxylation is 1. The third kappa shape index (κ3) is 1.61. The highest BCUT2D eigenvalue weighted by Crippen LogP contribution is 2.30. The molecule has 0 radical (unpaired) electrons. The Labute approximate surface area is 87.1 Å². The Hall–Kier alpha value is -1.75. The quantitative estimate of drug-likeness (QED) is 0.773. The van der Waals surface area contributed by atoms with E-state index in [1.54, 1.807) is 23.9 Å². The molecule has 80 valence electrons. The molecule has 0 saturated heterocycles. The van der Waals surface area contributed by atoms with Gasteiger partial charge >= 0.3 is 0 Å². The molecule has 0 bridgehead atoms. The Balaban J connectivity index is 2.53. The van der Waals surface area contributed by atoms with Crippen LogP contribution < -0.4 is 10.5 Å². The van der Waals surface area contributed by atoms with Crippen molar-refractivity contribution in [2.45, 2.75) is 0 Å². The molecule has 0 atom stereocenters. The Morgan fingerprint density at radius 1 is 1.53 bits per heavy atom. The van der Waals surface area contributed by atoms with Gasteiger partial charge in [-0.15, -0.1) is 5.10 Å². The number of phenolic OH excluding ortho intramolecular Hbond substituents is 1. The first-order chi connectivity index (χ1) is 7.24. The van der Waals surface area contributed by atoms with Crippen molar-refractivity contribution in [3.8, 4) is 11.6 Å². The number of para-hydroxylation sites is 1. The highest BCUT2D eigenvalue weighted by molar-refractivity contribution is 5.89. The Kier molecular flexibility index (Phi) is 2.47. The summed E-state index contributed by atoms with van der Waals surface area (Å²) in [6, 6.07) is 5.24. The summed E-state index contributed by atoms with van der Waals surface area (Å²) >= 11 is 0. The van der Waals surface area contributed by atoms with E-state index in [2.05, 4.69) is 5.10 Å². The summed E-state index contributed by atoms with van der Waals surface area (Å²) in [7, 11) is 1.76. The van der Waals surface area contributed by atoms with Gasteiger partial charge in [-0.2, -0.15) is 0 Å². The zero-order valence-electron chi connectivity index (χ0n) is 8.47. The lowest BCUT2D eigenvalue weighted by Gasteiger charge is -1.99. The third-order valence-electron chi connectivity index (χ3n) is 2.17. The smallest absolute Gasteiger partial charge is 0.240 e. The molecule has 0 saturated carbocycles. The molecule has 0 aliphatic carbocycles. The monoisotopic (exact) mass is 207 g/mol. The van der Waals surface area contributed by atoms with E-state index in [9.17, 15) is 5.11 Å². The Bertz CT molecular complexity index is 479. The molecule has 0 aliphatic rings. The highest BCUT2D eigenvalue weighted by Gasteiger charge is 2.11. The van der Waals surface area contributed by atoms with Crippen molar-refractivity contribution >= 4 is 10.9 Å². The first-order valence-corrected chi connectivity index (χ1v) is 4.71. The van der Waals surface area contributed by atoms with E-state index >= 15 is 0 Å². The average molecular weight is 207 g/mol. The predicted molar refractivity (Wildman–Crippen MR) is 56.9 cm³/mol. The number of aromatic hydroxyl groups is 1. The van der Waals surface area contributed by atoms with E-state index in [0.29, 0.717) is 24.5 Å². The summed E-state index contributed by atoms with van der Waals surface area (Å²) in [4.78, 5) is 0. The van der Waals surface area contributed by atoms with Gasteiger partial charge in [-0.25, -0.2) is 0 Å². The van der Waals surface area contributed by atoms with E-state index in [4.69, 9.17) is 10.5 Å². The van der Waals surface area contributed by atoms with Crippen LogP contribution in [0.1, 0.15) is 0 Å². The largest absolute Gasteiger partial charge is 0.506 e. The zero-order chi connectivity index (χ0) is 10.8. The van der Waals surface area contributed by atoms with Crippen LogP contribution in [-0.4, -0.2) is 28.0 Å². The summed E-state index contributed by atoms with van der Waals surface area (Å²) in [5.74, 6) is 0.707. The number of phenols is 1. The van der Waals surface area contributed by atoms with E-state index in [1.807, 2.05) is 6.07 Å². The molecule has 1 aromatic carbocycles. The average Bonchev–Trinajstić information content (AvgIpc) is 2.54. The van der Waals surface area contributed by atoms with Crippen LogP contribution in [0.4, 0.5) is 0 Å². The van der Waals surface area contributed by atoms with Crippen LogP contribution in [0.15, 0.2) is 18.2 Å². The van der Waals surface area contributed by atoms with Gasteiger partial charge in [-0.05, 0) is 12.1 Å². The number of hydrogen-bond donors (Lipinski definition) is 2. The van der Waals surface area contributed by atoms with Crippen LogP contribution in [0.2, 0.25) is 0 Å². The van der Waals surface area contributed by atoms with Crippen molar-refractivity contribution in [2.24, 2.45) is 12.8 Å². The third-order valence-corrected chi connectivity index (χ3v) is 2.17. The molecule has 1 aromatic heterocycles. The van der Waals surface area contributed by atoms with E-state index in [-0.39, 0.29) is 5.75 Å². The standard InChI is InChI=1S/C10H13N3O2/c1-13-9-7(3-2-4-8(9)14)10(12-13)15-6-5-11/h2-4,14H,5-6,11H2,1H3. The maximum absolute atomic E-state index is 9.65. The normalized spacial score (nSPS) is 10.8. The molecule has 0 aliphatic heterocycles. The minimum atomic E-state index is 0.199. The molecule has 5 heteroatoms. The lowest BCUT2D eigenvalue weighted by molar-refractivity contribution is 0.315. The van der Waals surface area contributed by atoms with Crippen LogP contribution in [0.3, 0.4) is 0 Å². The molecule has 1 heterocycles. The van der Waals surface area contributed by atoms with Gasteiger partial charge in [0.1, 0.15) is 17.9 Å². The second-order valence-corrected chi connectivity index (χ2v) is 3.24. The fourth-order valence-corrected chi connectivity index (χ4v) is 1.55. The Morgan fingerprint density at radius 3 is 3.07 bits per heavy atom. The molecule has 2 rings (SSSR count). The molecule has 5 nitrogen and oxygen atoms in total. The first kappa shape index (κ1) is 9.79. The van der Waals surface area contributed by atoms with Crippen LogP contribution in [0.5, 0.6) is 11.6 Å². The summed E-state index contributed by atoms with van der Waals surface area (Å²) in [6.07, 6.45) is 0. The molecular weight excluding hydrogens is 194 g/mol. The summed E-state index contributed by atoms with van der Waals surface area (Å²) in [5, 5.41) is 14.6. The number of rotatable bonds is 3. The fourth-order valence-electron chi connectivity index (χ4n) is 1.55. The van der Waals surface area contributed by atoms with Gasteiger partial charge in [0, 0.05) is 13.6 Å². The van der Waals surface area contributed by atoms with E-state index in [1.165, 1.54) is 0 Å². The van der Waals surface area contributed by atoms with Crippen LogP contribution in [0.25, 0.3) is 10.9 Å². The summed E-state index contributed by atoms with van der Waals surface area (Å²) in [5.41, 5.74) is 6.02. The van der Waals surface area contributed by atoms with Crippen molar-refractivity contribution in [3.63, 3.8) is 0 Å². The van der Waals surface area contributed by atoms with E-state index < -0.39 is 0 Å². The zero-order valence-corrected chi connectivity index (χ0v) is 8.47. The second-order valence-electron chi connectivity index (χ2n) is 3.24. The minimum Gasteiger partial charge on any atom is -0.506 e. The number of nitrogens with two attached hydrogens (primary N) is 1. The van der Waals surface area contributed by atoms with E-state index in [0.717, 1.165) is 5.39 Å². The first-order valence-electron chi connectivity index (χ1n) is 4.71. The van der Waals surface area contributed by atoms with Gasteiger partial charge in [0.2, 0.25) is 5.88 Å². The van der Waals surface area contributed by atoms with Crippen molar-refractivity contribution in [2.75, 3.05) is 13.2 Å². The van der Waals surface area contributed by atoms with Crippen molar-refractivity contribution in [1.82, 2.24) is 9.78 Å². The molecule has 0 spiro atoms. The minimum absolute atomic E-state index is 0.199. The molecule has 15 heavy (non-hydrogen) atoms. The molecular formula is C10H13N3O2. The van der Waals surface area contributed by atoms with Gasteiger partial charge in [0.05, 0.1) is 5.39 Å². The highest BCUT2D eigenvalue weighted by atomic mass is 16.5. The topological polar surface area (TPSA) is 73.3 Å². The lowest BCUT2D eigenvalue weighted by atomic mass is 10.2. The van der Waals surface area contributed by atoms with Gasteiger partial charge in [0.25, 0.3) is 0 Å². The molecule has 0 fully saturated rings. The molecule has 2 aromatic rings. The Morgan fingerprint density at radius 2 is 2.33 bits per heavy atom. The van der Waals surface area contributed by atoms with Gasteiger partial charge in [-0.3, -0.25) is 4.68 Å². The number of fused-ring (bicyclic) bond motifs is 1. The van der Waals surface area contributed by atoms with Crippen molar-refractivity contribution in [3.05, 3.63) is 18.2 Å². The van der Waals surface area contributed by atoms with Crippen LogP contribution >= 0.6 is 0 Å². The predicted octanol–water partition coefficient (Wildman–Crippen LogP) is 0.616. The second kappa shape index (κ2) is 3.78. The summed E-state index contributed by atoms with van der Waals surface area (Å²) < 4.78 is 6.97. The van der Waals surface area contributed by atoms with Crippen molar-refractivity contribution in [1.29, 1.82) is 0 Å². The SMILES string of the molecule is Cn1nc(OCCN)c2cccc(O)c21. The number of aromatic nitrogens is 2. The van der Waals surface area contributed by atoms with Crippen LogP contribution in [-0.2, 0) is 7.05 Å². The molecule has 0 unspecified atom stereocenters. The van der Waals surface area contributed by atoms with Gasteiger partial charge in [-0.1, -0.05) is 6.07 Å². The number of ether oxygens (including phenoxy) is 1. The number of nitrogens with zero attached hydrogens (tertiary/aromatic N) is 2. The maximum atomic E-state index is 9.65. The lowest BCUT2D eigenvalue weighted by Crippen LogP contribution is -2.11. The van der Waals surface area contributed by atoms with Crippen molar-refractivity contribution < 1.29 is 9.84 Å². The number of hydrogen-bond acceptors (Lipinski definition) is 4.